The van der Waals surface area contributed by atoms with Crippen LogP contribution in [0, 0.1) is 0 Å². The zero-order valence-electron chi connectivity index (χ0n) is 10.4. The van der Waals surface area contributed by atoms with Crippen molar-refractivity contribution >= 4 is 16.7 Å². The van der Waals surface area contributed by atoms with Crippen LogP contribution in [0.5, 0.6) is 5.75 Å². The van der Waals surface area contributed by atoms with Crippen molar-refractivity contribution < 1.29 is 19.7 Å². The molecular weight excluding hydrogens is 246 g/mol. The van der Waals surface area contributed by atoms with Gasteiger partial charge in [0.2, 0.25) is 0 Å². The molecule has 0 heterocycles. The van der Waals surface area contributed by atoms with Gasteiger partial charge in [0.05, 0.1) is 7.11 Å². The molecule has 5 heteroatoms. The molecule has 0 spiro atoms. The number of methoxy groups -OCH3 is 1. The molecule has 0 fully saturated rings. The standard InChI is InChI=1S/C14H15NO4/c1-19-11-5-4-8-6-10(3-2-9(8)7-11)13(16)12(15)14(17)18/h2-7,12-13,16H,15H2,1H3,(H,17,18). The minimum Gasteiger partial charge on any atom is -0.497 e. The molecule has 0 saturated carbocycles. The van der Waals surface area contributed by atoms with E-state index in [1.165, 1.54) is 0 Å². The summed E-state index contributed by atoms with van der Waals surface area (Å²) >= 11 is 0. The summed E-state index contributed by atoms with van der Waals surface area (Å²) in [6.45, 7) is 0. The van der Waals surface area contributed by atoms with E-state index in [-0.39, 0.29) is 0 Å². The Balaban J connectivity index is 2.39. The highest BCUT2D eigenvalue weighted by molar-refractivity contribution is 5.85. The van der Waals surface area contributed by atoms with Crippen molar-refractivity contribution in [2.45, 2.75) is 12.1 Å². The maximum absolute atomic E-state index is 10.8. The fourth-order valence-corrected chi connectivity index (χ4v) is 1.90. The Hall–Kier alpha value is -2.11. The molecule has 19 heavy (non-hydrogen) atoms. The van der Waals surface area contributed by atoms with E-state index < -0.39 is 18.1 Å². The summed E-state index contributed by atoms with van der Waals surface area (Å²) in [7, 11) is 1.59. The third kappa shape index (κ3) is 2.67. The van der Waals surface area contributed by atoms with E-state index in [9.17, 15) is 9.90 Å². The molecule has 0 aliphatic carbocycles. The molecule has 2 aromatic carbocycles. The van der Waals surface area contributed by atoms with Crippen LogP contribution in [0.3, 0.4) is 0 Å². The lowest BCUT2D eigenvalue weighted by molar-refractivity contribution is -0.141. The van der Waals surface area contributed by atoms with Crippen LogP contribution in [-0.2, 0) is 4.79 Å². The Bertz CT molecular complexity index is 611. The van der Waals surface area contributed by atoms with Gasteiger partial charge in [0.1, 0.15) is 17.9 Å². The predicted octanol–water partition coefficient (Wildman–Crippen LogP) is 1.29. The number of aliphatic carboxylic acids is 1. The smallest absolute Gasteiger partial charge is 0.323 e. The molecule has 5 nitrogen and oxygen atoms in total. The van der Waals surface area contributed by atoms with Crippen molar-refractivity contribution in [3.05, 3.63) is 42.0 Å². The van der Waals surface area contributed by atoms with Gasteiger partial charge in [-0.25, -0.2) is 0 Å². The van der Waals surface area contributed by atoms with Crippen molar-refractivity contribution in [1.29, 1.82) is 0 Å². The molecule has 0 aromatic heterocycles. The van der Waals surface area contributed by atoms with E-state index in [1.807, 2.05) is 12.1 Å². The minimum atomic E-state index is -1.34. The van der Waals surface area contributed by atoms with Crippen LogP contribution in [-0.4, -0.2) is 29.3 Å². The number of aliphatic hydroxyl groups is 1. The van der Waals surface area contributed by atoms with Crippen LogP contribution in [0.4, 0.5) is 0 Å². The zero-order valence-corrected chi connectivity index (χ0v) is 10.4. The Morgan fingerprint density at radius 3 is 2.47 bits per heavy atom. The number of aliphatic hydroxyl groups excluding tert-OH is 1. The lowest BCUT2D eigenvalue weighted by atomic mass is 9.99. The topological polar surface area (TPSA) is 92.8 Å². The van der Waals surface area contributed by atoms with Crippen molar-refractivity contribution in [1.82, 2.24) is 0 Å². The lowest BCUT2D eigenvalue weighted by Gasteiger charge is -2.15. The first-order chi connectivity index (χ1) is 9.02. The Morgan fingerprint density at radius 2 is 1.84 bits per heavy atom. The van der Waals surface area contributed by atoms with Crippen LogP contribution in [0.2, 0.25) is 0 Å². The first kappa shape index (κ1) is 13.3. The van der Waals surface area contributed by atoms with Crippen molar-refractivity contribution in [3.63, 3.8) is 0 Å². The van der Waals surface area contributed by atoms with E-state index in [0.29, 0.717) is 5.56 Å². The molecular formula is C14H15NO4. The van der Waals surface area contributed by atoms with E-state index in [0.717, 1.165) is 16.5 Å². The molecule has 2 unspecified atom stereocenters. The summed E-state index contributed by atoms with van der Waals surface area (Å²) in [6.07, 6.45) is -1.23. The van der Waals surface area contributed by atoms with Crippen molar-refractivity contribution in [2.24, 2.45) is 5.73 Å². The maximum atomic E-state index is 10.8. The maximum Gasteiger partial charge on any atom is 0.323 e. The number of benzene rings is 2. The molecule has 0 aliphatic rings. The van der Waals surface area contributed by atoms with Gasteiger partial charge in [0.15, 0.2) is 0 Å². The second kappa shape index (κ2) is 5.26. The number of carbonyl (C=O) groups is 1. The largest absolute Gasteiger partial charge is 0.497 e. The summed E-state index contributed by atoms with van der Waals surface area (Å²) < 4.78 is 5.12. The quantitative estimate of drug-likeness (QED) is 0.771. The third-order valence-electron chi connectivity index (χ3n) is 3.04. The molecule has 2 aromatic rings. The van der Waals surface area contributed by atoms with Crippen molar-refractivity contribution in [2.75, 3.05) is 7.11 Å². The van der Waals surface area contributed by atoms with Gasteiger partial charge in [0, 0.05) is 0 Å². The highest BCUT2D eigenvalue weighted by Crippen LogP contribution is 2.25. The van der Waals surface area contributed by atoms with Crippen LogP contribution < -0.4 is 10.5 Å². The van der Waals surface area contributed by atoms with Crippen LogP contribution in [0.25, 0.3) is 10.8 Å². The molecule has 100 valence electrons. The van der Waals surface area contributed by atoms with Gasteiger partial charge in [-0.3, -0.25) is 4.79 Å². The van der Waals surface area contributed by atoms with Gasteiger partial charge in [0.25, 0.3) is 0 Å². The van der Waals surface area contributed by atoms with E-state index in [1.54, 1.807) is 31.4 Å². The first-order valence-electron chi connectivity index (χ1n) is 5.77. The van der Waals surface area contributed by atoms with Gasteiger partial charge in [-0.15, -0.1) is 0 Å². The highest BCUT2D eigenvalue weighted by atomic mass is 16.5. The number of fused-ring (bicyclic) bond motifs is 1. The second-order valence-corrected chi connectivity index (χ2v) is 4.28. The molecule has 0 amide bonds. The fourth-order valence-electron chi connectivity index (χ4n) is 1.90. The third-order valence-corrected chi connectivity index (χ3v) is 3.04. The summed E-state index contributed by atoms with van der Waals surface area (Å²) in [5, 5.41) is 20.5. The summed E-state index contributed by atoms with van der Waals surface area (Å²) in [4.78, 5) is 10.8. The summed E-state index contributed by atoms with van der Waals surface area (Å²) in [5.74, 6) is -0.495. The average Bonchev–Trinajstić information content (AvgIpc) is 2.44. The SMILES string of the molecule is COc1ccc2cc(C(O)C(N)C(=O)O)ccc2c1. The number of hydrogen-bond acceptors (Lipinski definition) is 4. The normalized spacial score (nSPS) is 14.1. The Kier molecular flexibility index (Phi) is 3.69. The Labute approximate surface area is 110 Å². The van der Waals surface area contributed by atoms with Gasteiger partial charge in [-0.05, 0) is 34.5 Å². The number of nitrogens with two attached hydrogens (primary N) is 1. The van der Waals surface area contributed by atoms with E-state index >= 15 is 0 Å². The van der Waals surface area contributed by atoms with Crippen LogP contribution in [0.15, 0.2) is 36.4 Å². The molecule has 2 rings (SSSR count). The van der Waals surface area contributed by atoms with Crippen LogP contribution >= 0.6 is 0 Å². The molecule has 0 aliphatic heterocycles. The van der Waals surface area contributed by atoms with Crippen molar-refractivity contribution in [3.8, 4) is 5.75 Å². The van der Waals surface area contributed by atoms with Gasteiger partial charge in [-0.2, -0.15) is 0 Å². The van der Waals surface area contributed by atoms with Gasteiger partial charge in [-0.1, -0.05) is 18.2 Å². The van der Waals surface area contributed by atoms with Gasteiger partial charge < -0.3 is 20.7 Å². The van der Waals surface area contributed by atoms with Crippen LogP contribution in [0.1, 0.15) is 11.7 Å². The summed E-state index contributed by atoms with van der Waals surface area (Å²) in [5.41, 5.74) is 5.89. The molecule has 4 N–H and O–H groups in total. The number of carboxylic acid groups (broad SMARTS) is 1. The first-order valence-corrected chi connectivity index (χ1v) is 5.77. The molecule has 0 saturated heterocycles. The van der Waals surface area contributed by atoms with Gasteiger partial charge >= 0.3 is 5.97 Å². The predicted molar refractivity (Wildman–Crippen MR) is 71.1 cm³/mol. The highest BCUT2D eigenvalue weighted by Gasteiger charge is 2.23. The Morgan fingerprint density at radius 1 is 1.21 bits per heavy atom. The fraction of sp³-hybridized carbons (Fsp3) is 0.214. The number of rotatable bonds is 4. The monoisotopic (exact) mass is 261 g/mol. The minimum absolute atomic E-state index is 0.479. The number of carboxylic acids is 1. The summed E-state index contributed by atoms with van der Waals surface area (Å²) in [6, 6.07) is 9.35. The zero-order chi connectivity index (χ0) is 14.0. The molecule has 0 radical (unpaired) electrons. The molecule has 0 bridgehead atoms. The van der Waals surface area contributed by atoms with E-state index in [4.69, 9.17) is 15.6 Å². The second-order valence-electron chi connectivity index (χ2n) is 4.28. The lowest BCUT2D eigenvalue weighted by Crippen LogP contribution is -2.36. The average molecular weight is 261 g/mol. The number of ether oxygens (including phenoxy) is 1. The molecule has 2 atom stereocenters. The van der Waals surface area contributed by atoms with E-state index in [2.05, 4.69) is 0 Å². The number of hydrogen-bond donors (Lipinski definition) is 3.